The minimum absolute atomic E-state index is 0.284. The molecule has 2 nitrogen and oxygen atoms in total. The minimum atomic E-state index is -0.284. The molecule has 0 aliphatic carbocycles. The van der Waals surface area contributed by atoms with Crippen molar-refractivity contribution in [3.63, 3.8) is 0 Å². The smallest absolute Gasteiger partial charge is 0.106 e. The first-order valence-corrected chi connectivity index (χ1v) is 7.43. The van der Waals surface area contributed by atoms with Gasteiger partial charge in [-0.25, -0.2) is 0 Å². The van der Waals surface area contributed by atoms with Crippen LogP contribution in [0.1, 0.15) is 53.4 Å². The molecule has 0 aromatic carbocycles. The molecule has 3 heteroatoms. The summed E-state index contributed by atoms with van der Waals surface area (Å²) in [5.74, 6) is 1.16. The fourth-order valence-corrected chi connectivity index (χ4v) is 2.40. The van der Waals surface area contributed by atoms with Gasteiger partial charge in [-0.05, 0) is 43.2 Å². The largest absolute Gasteiger partial charge is 0.299 e. The Morgan fingerprint density at radius 2 is 2.06 bits per heavy atom. The fourth-order valence-electron chi connectivity index (χ4n) is 1.62. The first kappa shape index (κ1) is 15.8. The van der Waals surface area contributed by atoms with Gasteiger partial charge in [-0.2, -0.15) is 17.0 Å². The molecule has 0 spiro atoms. The standard InChI is InChI=1S/C13H26N2S/c1-5-9-15-13(6-2,11-14)8-7-10-16-12(3)4/h12,15H,5-10H2,1-4H3. The van der Waals surface area contributed by atoms with Crippen LogP contribution in [-0.2, 0) is 0 Å². The van der Waals surface area contributed by atoms with E-state index in [-0.39, 0.29) is 5.54 Å². The predicted octanol–water partition coefficient (Wildman–Crippen LogP) is 3.58. The Bertz CT molecular complexity index is 210. The summed E-state index contributed by atoms with van der Waals surface area (Å²) in [6.07, 6.45) is 4.08. The van der Waals surface area contributed by atoms with Crippen molar-refractivity contribution in [2.75, 3.05) is 12.3 Å². The van der Waals surface area contributed by atoms with Crippen molar-refractivity contribution in [3.05, 3.63) is 0 Å². The van der Waals surface area contributed by atoms with E-state index in [1.54, 1.807) is 0 Å². The van der Waals surface area contributed by atoms with Crippen LogP contribution in [-0.4, -0.2) is 23.1 Å². The van der Waals surface area contributed by atoms with Gasteiger partial charge >= 0.3 is 0 Å². The number of hydrogen-bond acceptors (Lipinski definition) is 3. The second-order valence-corrected chi connectivity index (χ2v) is 6.18. The molecular formula is C13H26N2S. The van der Waals surface area contributed by atoms with E-state index in [0.29, 0.717) is 5.25 Å². The Morgan fingerprint density at radius 3 is 2.50 bits per heavy atom. The number of rotatable bonds is 9. The van der Waals surface area contributed by atoms with Crippen molar-refractivity contribution >= 4 is 11.8 Å². The van der Waals surface area contributed by atoms with Crippen LogP contribution in [0, 0.1) is 11.3 Å². The van der Waals surface area contributed by atoms with Crippen LogP contribution < -0.4 is 5.32 Å². The fraction of sp³-hybridized carbons (Fsp3) is 0.923. The van der Waals surface area contributed by atoms with Crippen LogP contribution in [0.2, 0.25) is 0 Å². The molecule has 0 aliphatic heterocycles. The highest BCUT2D eigenvalue weighted by molar-refractivity contribution is 7.99. The van der Waals surface area contributed by atoms with Crippen molar-refractivity contribution < 1.29 is 0 Å². The summed E-state index contributed by atoms with van der Waals surface area (Å²) < 4.78 is 0. The second-order valence-electron chi connectivity index (χ2n) is 4.50. The first-order chi connectivity index (χ1) is 7.60. The van der Waals surface area contributed by atoms with E-state index >= 15 is 0 Å². The second kappa shape index (κ2) is 8.90. The van der Waals surface area contributed by atoms with Gasteiger partial charge in [-0.1, -0.05) is 27.7 Å². The minimum Gasteiger partial charge on any atom is -0.299 e. The van der Waals surface area contributed by atoms with Gasteiger partial charge < -0.3 is 0 Å². The normalized spacial score (nSPS) is 14.8. The Morgan fingerprint density at radius 1 is 1.38 bits per heavy atom. The predicted molar refractivity (Wildman–Crippen MR) is 73.8 cm³/mol. The monoisotopic (exact) mass is 242 g/mol. The van der Waals surface area contributed by atoms with Crippen LogP contribution in [0.5, 0.6) is 0 Å². The average molecular weight is 242 g/mol. The molecule has 1 unspecified atom stereocenters. The highest BCUT2D eigenvalue weighted by Crippen LogP contribution is 2.20. The summed E-state index contributed by atoms with van der Waals surface area (Å²) >= 11 is 1.98. The molecule has 0 aromatic rings. The van der Waals surface area contributed by atoms with E-state index in [0.717, 1.165) is 38.0 Å². The zero-order valence-electron chi connectivity index (χ0n) is 11.2. The molecule has 0 aromatic heterocycles. The van der Waals surface area contributed by atoms with Crippen molar-refractivity contribution in [2.45, 2.75) is 64.2 Å². The molecule has 0 radical (unpaired) electrons. The molecule has 0 amide bonds. The van der Waals surface area contributed by atoms with Gasteiger partial charge in [0.1, 0.15) is 5.54 Å². The number of thioether (sulfide) groups is 1. The Kier molecular flexibility index (Phi) is 8.78. The molecule has 0 heterocycles. The van der Waals surface area contributed by atoms with E-state index in [1.165, 1.54) is 0 Å². The lowest BCUT2D eigenvalue weighted by molar-refractivity contribution is 0.371. The van der Waals surface area contributed by atoms with Gasteiger partial charge in [0, 0.05) is 0 Å². The summed E-state index contributed by atoms with van der Waals surface area (Å²) in [5, 5.41) is 13.4. The summed E-state index contributed by atoms with van der Waals surface area (Å²) in [6.45, 7) is 9.62. The number of nitrogens with zero attached hydrogens (tertiary/aromatic N) is 1. The molecule has 1 N–H and O–H groups in total. The third-order valence-corrected chi connectivity index (χ3v) is 3.92. The maximum atomic E-state index is 9.29. The Labute approximate surface area is 105 Å². The zero-order chi connectivity index (χ0) is 12.4. The first-order valence-electron chi connectivity index (χ1n) is 6.38. The third-order valence-electron chi connectivity index (χ3n) is 2.73. The van der Waals surface area contributed by atoms with Gasteiger partial charge in [0.05, 0.1) is 6.07 Å². The third kappa shape index (κ3) is 6.40. The van der Waals surface area contributed by atoms with Crippen LogP contribution in [0.15, 0.2) is 0 Å². The zero-order valence-corrected chi connectivity index (χ0v) is 12.0. The SMILES string of the molecule is CCCNC(C#N)(CC)CCCSC(C)C. The molecule has 0 aliphatic rings. The van der Waals surface area contributed by atoms with E-state index in [1.807, 2.05) is 11.8 Å². The van der Waals surface area contributed by atoms with Gasteiger partial charge in [-0.15, -0.1) is 0 Å². The molecule has 0 saturated carbocycles. The Balaban J connectivity index is 3.97. The van der Waals surface area contributed by atoms with Crippen molar-refractivity contribution in [2.24, 2.45) is 0 Å². The molecule has 0 fully saturated rings. The molecule has 0 bridgehead atoms. The topological polar surface area (TPSA) is 35.8 Å². The van der Waals surface area contributed by atoms with E-state index in [4.69, 9.17) is 0 Å². The molecule has 94 valence electrons. The summed E-state index contributed by atoms with van der Waals surface area (Å²) in [4.78, 5) is 0. The van der Waals surface area contributed by atoms with Crippen LogP contribution in [0.3, 0.4) is 0 Å². The van der Waals surface area contributed by atoms with Gasteiger partial charge in [0.25, 0.3) is 0 Å². The highest BCUT2D eigenvalue weighted by atomic mass is 32.2. The number of hydrogen-bond donors (Lipinski definition) is 1. The average Bonchev–Trinajstić information content (AvgIpc) is 2.29. The highest BCUT2D eigenvalue weighted by Gasteiger charge is 2.25. The number of nitrogens with one attached hydrogen (secondary N) is 1. The number of nitriles is 1. The molecule has 0 rings (SSSR count). The van der Waals surface area contributed by atoms with Crippen LogP contribution in [0.25, 0.3) is 0 Å². The lowest BCUT2D eigenvalue weighted by Crippen LogP contribution is -2.43. The van der Waals surface area contributed by atoms with Crippen molar-refractivity contribution in [1.29, 1.82) is 5.26 Å². The van der Waals surface area contributed by atoms with Crippen LogP contribution >= 0.6 is 11.8 Å². The lowest BCUT2D eigenvalue weighted by atomic mass is 9.92. The molecular weight excluding hydrogens is 216 g/mol. The maximum absolute atomic E-state index is 9.29. The van der Waals surface area contributed by atoms with Crippen molar-refractivity contribution in [3.8, 4) is 6.07 Å². The molecule has 1 atom stereocenters. The Hall–Kier alpha value is -0.200. The maximum Gasteiger partial charge on any atom is 0.106 e. The summed E-state index contributed by atoms with van der Waals surface area (Å²) in [6, 6.07) is 2.47. The quantitative estimate of drug-likeness (QED) is 0.628. The summed E-state index contributed by atoms with van der Waals surface area (Å²) in [7, 11) is 0. The van der Waals surface area contributed by atoms with E-state index in [9.17, 15) is 5.26 Å². The lowest BCUT2D eigenvalue weighted by Gasteiger charge is -2.26. The van der Waals surface area contributed by atoms with Gasteiger partial charge in [0.15, 0.2) is 0 Å². The molecule has 16 heavy (non-hydrogen) atoms. The van der Waals surface area contributed by atoms with Crippen LogP contribution in [0.4, 0.5) is 0 Å². The van der Waals surface area contributed by atoms with E-state index < -0.39 is 0 Å². The summed E-state index contributed by atoms with van der Waals surface area (Å²) in [5.41, 5.74) is -0.284. The molecule has 0 saturated heterocycles. The van der Waals surface area contributed by atoms with Gasteiger partial charge in [0.2, 0.25) is 0 Å². The van der Waals surface area contributed by atoms with Crippen molar-refractivity contribution in [1.82, 2.24) is 5.32 Å². The van der Waals surface area contributed by atoms with E-state index in [2.05, 4.69) is 39.1 Å². The van der Waals surface area contributed by atoms with Gasteiger partial charge in [-0.3, -0.25) is 5.32 Å².